The average Bonchev–Trinajstić information content (AvgIpc) is 2.25. The van der Waals surface area contributed by atoms with Gasteiger partial charge in [0.05, 0.1) is 0 Å². The summed E-state index contributed by atoms with van der Waals surface area (Å²) in [6.07, 6.45) is 5.10. The fraction of sp³-hybridized carbons (Fsp3) is 0.462. The Morgan fingerprint density at radius 2 is 1.93 bits per heavy atom. The molecule has 2 rings (SSSR count). The molecule has 0 aromatic heterocycles. The van der Waals surface area contributed by atoms with Crippen molar-refractivity contribution in [3.63, 3.8) is 0 Å². The van der Waals surface area contributed by atoms with Crippen LogP contribution in [0.25, 0.3) is 0 Å². The molecule has 15 heavy (non-hydrogen) atoms. The molecule has 0 amide bonds. The zero-order chi connectivity index (χ0) is 10.7. The lowest BCUT2D eigenvalue weighted by Gasteiger charge is -2.20. The lowest BCUT2D eigenvalue weighted by Crippen LogP contribution is -2.20. The van der Waals surface area contributed by atoms with Crippen molar-refractivity contribution >= 4 is 21.7 Å². The number of Topliss-reactive ketones (excluding diaryl/α,β-unsaturated/α-hetero) is 1. The molecule has 1 aromatic rings. The summed E-state index contributed by atoms with van der Waals surface area (Å²) in [6.45, 7) is 0. The monoisotopic (exact) mass is 266 g/mol. The van der Waals surface area contributed by atoms with Gasteiger partial charge in [0, 0.05) is 16.8 Å². The van der Waals surface area contributed by atoms with E-state index in [4.69, 9.17) is 0 Å². The number of halogens is 1. The normalized spacial score (nSPS) is 21.7. The molecule has 0 saturated heterocycles. The van der Waals surface area contributed by atoms with Crippen LogP contribution in [-0.4, -0.2) is 5.78 Å². The van der Waals surface area contributed by atoms with E-state index in [1.165, 1.54) is 12.0 Å². The molecule has 1 aliphatic rings. The van der Waals surface area contributed by atoms with E-state index in [1.807, 2.05) is 12.1 Å². The third-order valence-corrected chi connectivity index (χ3v) is 3.61. The Labute approximate surface area is 99.0 Å². The Bertz CT molecular complexity index is 342. The summed E-state index contributed by atoms with van der Waals surface area (Å²) >= 11 is 3.42. The van der Waals surface area contributed by atoms with Crippen molar-refractivity contribution in [3.05, 3.63) is 34.3 Å². The van der Waals surface area contributed by atoms with Gasteiger partial charge >= 0.3 is 0 Å². The Kier molecular flexibility index (Phi) is 3.57. The van der Waals surface area contributed by atoms with Crippen molar-refractivity contribution in [2.75, 3.05) is 0 Å². The van der Waals surface area contributed by atoms with Crippen LogP contribution in [0, 0.1) is 5.92 Å². The van der Waals surface area contributed by atoms with Gasteiger partial charge in [0.2, 0.25) is 0 Å². The van der Waals surface area contributed by atoms with Crippen LogP contribution in [0.15, 0.2) is 28.7 Å². The number of benzene rings is 1. The van der Waals surface area contributed by atoms with Gasteiger partial charge in [-0.1, -0.05) is 34.5 Å². The maximum Gasteiger partial charge on any atom is 0.136 e. The first kappa shape index (κ1) is 10.9. The summed E-state index contributed by atoms with van der Waals surface area (Å²) in [5.74, 6) is 0.740. The molecule has 1 aliphatic carbocycles. The van der Waals surface area contributed by atoms with Crippen LogP contribution in [0.2, 0.25) is 0 Å². The Morgan fingerprint density at radius 3 is 2.60 bits per heavy atom. The lowest BCUT2D eigenvalue weighted by atomic mass is 9.84. The second kappa shape index (κ2) is 4.93. The highest BCUT2D eigenvalue weighted by Gasteiger charge is 2.21. The first-order valence-corrected chi connectivity index (χ1v) is 6.32. The van der Waals surface area contributed by atoms with Gasteiger partial charge in [-0.3, -0.25) is 4.79 Å². The van der Waals surface area contributed by atoms with Gasteiger partial charge in [0.15, 0.2) is 0 Å². The second-order valence-corrected chi connectivity index (χ2v) is 5.16. The summed E-state index contributed by atoms with van der Waals surface area (Å²) in [7, 11) is 0. The molecule has 0 heterocycles. The van der Waals surface area contributed by atoms with Crippen molar-refractivity contribution in [2.24, 2.45) is 5.92 Å². The minimum absolute atomic E-state index is 0.278. The van der Waals surface area contributed by atoms with Crippen molar-refractivity contribution in [1.29, 1.82) is 0 Å². The van der Waals surface area contributed by atoms with Gasteiger partial charge in [0.25, 0.3) is 0 Å². The minimum atomic E-state index is 0.278. The third kappa shape index (κ3) is 2.91. The van der Waals surface area contributed by atoms with Gasteiger partial charge in [-0.15, -0.1) is 0 Å². The van der Waals surface area contributed by atoms with Gasteiger partial charge in [-0.2, -0.15) is 0 Å². The fourth-order valence-corrected chi connectivity index (χ4v) is 2.44. The smallest absolute Gasteiger partial charge is 0.136 e. The van der Waals surface area contributed by atoms with Gasteiger partial charge in [-0.05, 0) is 37.0 Å². The van der Waals surface area contributed by atoms with E-state index in [2.05, 4.69) is 28.1 Å². The van der Waals surface area contributed by atoms with Gasteiger partial charge in [-0.25, -0.2) is 0 Å². The van der Waals surface area contributed by atoms with E-state index in [1.54, 1.807) is 0 Å². The molecule has 0 radical (unpaired) electrons. The first-order valence-electron chi connectivity index (χ1n) is 5.53. The lowest BCUT2D eigenvalue weighted by molar-refractivity contribution is -0.124. The summed E-state index contributed by atoms with van der Waals surface area (Å²) in [5.41, 5.74) is 1.28. The van der Waals surface area contributed by atoms with Crippen LogP contribution in [0.4, 0.5) is 0 Å². The number of carbonyl (C=O) groups is 1. The molecule has 2 heteroatoms. The molecule has 1 fully saturated rings. The number of hydrogen-bond donors (Lipinski definition) is 0. The molecule has 1 atom stereocenters. The largest absolute Gasteiger partial charge is 0.299 e. The summed E-state index contributed by atoms with van der Waals surface area (Å²) in [4.78, 5) is 11.7. The van der Waals surface area contributed by atoms with E-state index in [9.17, 15) is 4.79 Å². The number of rotatable bonds is 2. The first-order chi connectivity index (χ1) is 7.25. The average molecular weight is 267 g/mol. The van der Waals surface area contributed by atoms with E-state index >= 15 is 0 Å². The SMILES string of the molecule is O=C1CCCC[C@@H]1Cc1ccc(Br)cc1. The topological polar surface area (TPSA) is 17.1 Å². The molecule has 1 aromatic carbocycles. The van der Waals surface area contributed by atoms with E-state index in [-0.39, 0.29) is 5.92 Å². The zero-order valence-corrected chi connectivity index (χ0v) is 10.3. The summed E-state index contributed by atoms with van der Waals surface area (Å²) in [5, 5.41) is 0. The van der Waals surface area contributed by atoms with E-state index in [0.29, 0.717) is 5.78 Å². The molecule has 0 bridgehead atoms. The maximum atomic E-state index is 11.7. The molecule has 80 valence electrons. The molecule has 1 nitrogen and oxygen atoms in total. The molecule has 0 aliphatic heterocycles. The maximum absolute atomic E-state index is 11.7. The molecule has 0 unspecified atom stereocenters. The van der Waals surface area contributed by atoms with Crippen molar-refractivity contribution in [3.8, 4) is 0 Å². The number of hydrogen-bond acceptors (Lipinski definition) is 1. The van der Waals surface area contributed by atoms with Crippen molar-refractivity contribution in [2.45, 2.75) is 32.1 Å². The van der Waals surface area contributed by atoms with Gasteiger partial charge in [0.1, 0.15) is 5.78 Å². The quantitative estimate of drug-likeness (QED) is 0.797. The van der Waals surface area contributed by atoms with Crippen LogP contribution < -0.4 is 0 Å². The van der Waals surface area contributed by atoms with Crippen molar-refractivity contribution < 1.29 is 4.79 Å². The van der Waals surface area contributed by atoms with E-state index in [0.717, 1.165) is 30.2 Å². The standard InChI is InChI=1S/C13H15BrO/c14-12-7-5-10(6-8-12)9-11-3-1-2-4-13(11)15/h5-8,11H,1-4,9H2/t11-/m1/s1. The van der Waals surface area contributed by atoms with Crippen molar-refractivity contribution in [1.82, 2.24) is 0 Å². The predicted octanol–water partition coefficient (Wildman–Crippen LogP) is 3.75. The van der Waals surface area contributed by atoms with Crippen LogP contribution in [0.5, 0.6) is 0 Å². The third-order valence-electron chi connectivity index (χ3n) is 3.08. The van der Waals surface area contributed by atoms with Crippen LogP contribution >= 0.6 is 15.9 Å². The molecular weight excluding hydrogens is 252 g/mol. The highest BCUT2D eigenvalue weighted by Crippen LogP contribution is 2.24. The fourth-order valence-electron chi connectivity index (χ4n) is 2.18. The second-order valence-electron chi connectivity index (χ2n) is 4.24. The van der Waals surface area contributed by atoms with Crippen LogP contribution in [-0.2, 0) is 11.2 Å². The molecular formula is C13H15BrO. The summed E-state index contributed by atoms with van der Waals surface area (Å²) < 4.78 is 1.10. The Hall–Kier alpha value is -0.630. The van der Waals surface area contributed by atoms with Crippen LogP contribution in [0.3, 0.4) is 0 Å². The zero-order valence-electron chi connectivity index (χ0n) is 8.71. The predicted molar refractivity (Wildman–Crippen MR) is 64.8 cm³/mol. The highest BCUT2D eigenvalue weighted by molar-refractivity contribution is 9.10. The minimum Gasteiger partial charge on any atom is -0.299 e. The van der Waals surface area contributed by atoms with E-state index < -0.39 is 0 Å². The highest BCUT2D eigenvalue weighted by atomic mass is 79.9. The molecule has 1 saturated carbocycles. The molecule has 0 spiro atoms. The van der Waals surface area contributed by atoms with Gasteiger partial charge < -0.3 is 0 Å². The van der Waals surface area contributed by atoms with Crippen LogP contribution in [0.1, 0.15) is 31.2 Å². The Morgan fingerprint density at radius 1 is 1.20 bits per heavy atom. The molecule has 0 N–H and O–H groups in total. The Balaban J connectivity index is 2.01. The summed E-state index contributed by atoms with van der Waals surface area (Å²) in [6, 6.07) is 8.29. The number of ketones is 1. The number of carbonyl (C=O) groups excluding carboxylic acids is 1.